The Balaban J connectivity index is 1.29. The molecule has 4 rings (SSSR count). The molecule has 0 aliphatic heterocycles. The number of rotatable bonds is 13. The number of unbranched alkanes of at least 4 members (excludes halogenated alkanes) is 5. The van der Waals surface area contributed by atoms with Crippen molar-refractivity contribution in [1.29, 1.82) is 0 Å². The summed E-state index contributed by atoms with van der Waals surface area (Å²) in [6.45, 7) is 8.99. The van der Waals surface area contributed by atoms with Crippen LogP contribution in [-0.4, -0.2) is 18.7 Å². The third-order valence-electron chi connectivity index (χ3n) is 8.51. The van der Waals surface area contributed by atoms with E-state index in [-0.39, 0.29) is 5.97 Å². The van der Waals surface area contributed by atoms with Gasteiger partial charge in [0.1, 0.15) is 5.75 Å². The van der Waals surface area contributed by atoms with Crippen molar-refractivity contribution in [3.63, 3.8) is 0 Å². The SMILES string of the molecule is CCCCCCCCOC(=O)[C@@H](C)Oc1ccc(-c2ccc(-c3ccc(C4CCC(C)CC4)cc3)cc2C)cc1. The number of aryl methyl sites for hydroxylation is 1. The van der Waals surface area contributed by atoms with Gasteiger partial charge in [-0.1, -0.05) is 113 Å². The first kappa shape index (κ1) is 29.9. The summed E-state index contributed by atoms with van der Waals surface area (Å²) in [6, 6.07) is 23.9. The summed E-state index contributed by atoms with van der Waals surface area (Å²) < 4.78 is 11.3. The lowest BCUT2D eigenvalue weighted by Crippen LogP contribution is -2.26. The maximum atomic E-state index is 12.3. The molecule has 0 spiro atoms. The highest BCUT2D eigenvalue weighted by Gasteiger charge is 2.20. The lowest BCUT2D eigenvalue weighted by atomic mass is 9.79. The summed E-state index contributed by atoms with van der Waals surface area (Å²) in [7, 11) is 0. The molecule has 0 radical (unpaired) electrons. The van der Waals surface area contributed by atoms with E-state index >= 15 is 0 Å². The lowest BCUT2D eigenvalue weighted by molar-refractivity contribution is -0.151. The lowest BCUT2D eigenvalue weighted by Gasteiger charge is -2.26. The molecule has 0 unspecified atom stereocenters. The molecule has 214 valence electrons. The van der Waals surface area contributed by atoms with Gasteiger partial charge in [0.05, 0.1) is 6.61 Å². The molecule has 3 nitrogen and oxygen atoms in total. The molecule has 0 amide bonds. The van der Waals surface area contributed by atoms with E-state index in [1.54, 1.807) is 6.92 Å². The van der Waals surface area contributed by atoms with Crippen LogP contribution in [0.3, 0.4) is 0 Å². The smallest absolute Gasteiger partial charge is 0.347 e. The molecule has 0 aromatic heterocycles. The first-order valence-corrected chi connectivity index (χ1v) is 15.6. The van der Waals surface area contributed by atoms with E-state index < -0.39 is 6.10 Å². The normalized spacial score (nSPS) is 17.8. The van der Waals surface area contributed by atoms with Crippen LogP contribution in [0.15, 0.2) is 66.7 Å². The third kappa shape index (κ3) is 8.46. The zero-order valence-corrected chi connectivity index (χ0v) is 25.1. The second-order valence-corrected chi connectivity index (χ2v) is 11.8. The third-order valence-corrected chi connectivity index (χ3v) is 8.51. The maximum Gasteiger partial charge on any atom is 0.347 e. The summed E-state index contributed by atoms with van der Waals surface area (Å²) in [5, 5.41) is 0. The van der Waals surface area contributed by atoms with Crippen molar-refractivity contribution in [2.45, 2.75) is 104 Å². The average molecular weight is 541 g/mol. The molecule has 1 aliphatic rings. The number of carbonyl (C=O) groups is 1. The van der Waals surface area contributed by atoms with Crippen LogP contribution in [0.5, 0.6) is 5.75 Å². The Morgan fingerprint density at radius 1 is 0.800 bits per heavy atom. The van der Waals surface area contributed by atoms with E-state index in [4.69, 9.17) is 9.47 Å². The number of hydrogen-bond acceptors (Lipinski definition) is 3. The molecule has 0 N–H and O–H groups in total. The molecule has 3 aromatic rings. The van der Waals surface area contributed by atoms with E-state index in [0.29, 0.717) is 12.4 Å². The van der Waals surface area contributed by atoms with Gasteiger partial charge in [0.25, 0.3) is 0 Å². The predicted octanol–water partition coefficient (Wildman–Crippen LogP) is 10.3. The Hall–Kier alpha value is -3.07. The van der Waals surface area contributed by atoms with Gasteiger partial charge in [-0.05, 0) is 90.5 Å². The van der Waals surface area contributed by atoms with E-state index in [1.807, 2.05) is 12.1 Å². The molecule has 1 saturated carbocycles. The van der Waals surface area contributed by atoms with Gasteiger partial charge in [0.2, 0.25) is 0 Å². The van der Waals surface area contributed by atoms with Gasteiger partial charge < -0.3 is 9.47 Å². The van der Waals surface area contributed by atoms with Crippen molar-refractivity contribution < 1.29 is 14.3 Å². The molecule has 1 atom stereocenters. The second-order valence-electron chi connectivity index (χ2n) is 11.8. The highest BCUT2D eigenvalue weighted by Crippen LogP contribution is 2.36. The first-order chi connectivity index (χ1) is 19.4. The molecule has 1 fully saturated rings. The first-order valence-electron chi connectivity index (χ1n) is 15.6. The van der Waals surface area contributed by atoms with Crippen LogP contribution >= 0.6 is 0 Å². The Labute approximate surface area is 242 Å². The molecule has 40 heavy (non-hydrogen) atoms. The summed E-state index contributed by atoms with van der Waals surface area (Å²) in [5.41, 5.74) is 7.59. The van der Waals surface area contributed by atoms with Gasteiger partial charge in [-0.2, -0.15) is 0 Å². The Morgan fingerprint density at radius 3 is 2.10 bits per heavy atom. The largest absolute Gasteiger partial charge is 0.479 e. The monoisotopic (exact) mass is 540 g/mol. The second kappa shape index (κ2) is 15.1. The van der Waals surface area contributed by atoms with Crippen LogP contribution in [0, 0.1) is 12.8 Å². The average Bonchev–Trinajstić information content (AvgIpc) is 2.97. The van der Waals surface area contributed by atoms with Crippen molar-refractivity contribution in [3.8, 4) is 28.0 Å². The molecular weight excluding hydrogens is 492 g/mol. The fourth-order valence-electron chi connectivity index (χ4n) is 5.85. The van der Waals surface area contributed by atoms with Gasteiger partial charge >= 0.3 is 5.97 Å². The van der Waals surface area contributed by atoms with Crippen molar-refractivity contribution >= 4 is 5.97 Å². The molecule has 0 saturated heterocycles. The van der Waals surface area contributed by atoms with Gasteiger partial charge in [0, 0.05) is 0 Å². The van der Waals surface area contributed by atoms with Crippen molar-refractivity contribution in [1.82, 2.24) is 0 Å². The number of benzene rings is 3. The molecular formula is C37H48O3. The minimum absolute atomic E-state index is 0.301. The summed E-state index contributed by atoms with van der Waals surface area (Å²) in [6.07, 6.45) is 11.7. The fourth-order valence-corrected chi connectivity index (χ4v) is 5.85. The van der Waals surface area contributed by atoms with E-state index in [9.17, 15) is 4.79 Å². The number of hydrogen-bond donors (Lipinski definition) is 0. The minimum Gasteiger partial charge on any atom is -0.479 e. The van der Waals surface area contributed by atoms with Gasteiger partial charge in [-0.15, -0.1) is 0 Å². The van der Waals surface area contributed by atoms with Crippen LogP contribution in [0.25, 0.3) is 22.3 Å². The predicted molar refractivity (Wildman–Crippen MR) is 167 cm³/mol. The Morgan fingerprint density at radius 2 is 1.43 bits per heavy atom. The van der Waals surface area contributed by atoms with Gasteiger partial charge in [0.15, 0.2) is 6.10 Å². The zero-order chi connectivity index (χ0) is 28.3. The zero-order valence-electron chi connectivity index (χ0n) is 25.1. The van der Waals surface area contributed by atoms with Crippen LogP contribution in [0.1, 0.15) is 102 Å². The van der Waals surface area contributed by atoms with E-state index in [2.05, 4.69) is 75.4 Å². The van der Waals surface area contributed by atoms with Crippen LogP contribution in [0.4, 0.5) is 0 Å². The molecule has 3 aromatic carbocycles. The molecule has 0 heterocycles. The van der Waals surface area contributed by atoms with Crippen LogP contribution in [-0.2, 0) is 9.53 Å². The molecule has 0 bridgehead atoms. The summed E-state index contributed by atoms with van der Waals surface area (Å²) in [5.74, 6) is 1.98. The van der Waals surface area contributed by atoms with Gasteiger partial charge in [-0.3, -0.25) is 0 Å². The minimum atomic E-state index is -0.625. The topological polar surface area (TPSA) is 35.5 Å². The number of esters is 1. The number of ether oxygens (including phenoxy) is 2. The standard InChI is InChI=1S/C37H48O3/c1-5-6-7-8-9-10-25-39-37(38)29(4)40-35-22-19-33(20-23-35)36-24-21-34(26-28(36)3)32-17-15-31(16-18-32)30-13-11-27(2)12-14-30/h15-24,26-27,29-30H,5-14,25H2,1-4H3/t27?,29-,30?/m1/s1. The highest BCUT2D eigenvalue weighted by atomic mass is 16.6. The van der Waals surface area contributed by atoms with Gasteiger partial charge in [-0.25, -0.2) is 4.79 Å². The van der Waals surface area contributed by atoms with E-state index in [0.717, 1.165) is 30.2 Å². The maximum absolute atomic E-state index is 12.3. The van der Waals surface area contributed by atoms with Crippen molar-refractivity contribution in [2.24, 2.45) is 5.92 Å². The van der Waals surface area contributed by atoms with Crippen molar-refractivity contribution in [3.05, 3.63) is 77.9 Å². The highest BCUT2D eigenvalue weighted by molar-refractivity contribution is 5.75. The van der Waals surface area contributed by atoms with E-state index in [1.165, 1.54) is 79.2 Å². The Bertz CT molecular complexity index is 1190. The van der Waals surface area contributed by atoms with Crippen LogP contribution < -0.4 is 4.74 Å². The van der Waals surface area contributed by atoms with Crippen molar-refractivity contribution in [2.75, 3.05) is 6.61 Å². The summed E-state index contributed by atoms with van der Waals surface area (Å²) >= 11 is 0. The molecule has 1 aliphatic carbocycles. The molecule has 3 heteroatoms. The van der Waals surface area contributed by atoms with Crippen LogP contribution in [0.2, 0.25) is 0 Å². The Kier molecular flexibility index (Phi) is 11.3. The number of carbonyl (C=O) groups excluding carboxylic acids is 1. The quantitative estimate of drug-likeness (QED) is 0.160. The fraction of sp³-hybridized carbons (Fsp3) is 0.486. The summed E-state index contributed by atoms with van der Waals surface area (Å²) in [4.78, 5) is 12.3.